The molecule has 0 fully saturated rings. The number of benzene rings is 1. The van der Waals surface area contributed by atoms with Gasteiger partial charge in [-0.05, 0) is 29.9 Å². The molecule has 170 valence electrons. The van der Waals surface area contributed by atoms with Crippen LogP contribution >= 0.6 is 15.9 Å². The maximum Gasteiger partial charge on any atom is 0.325 e. The predicted octanol–water partition coefficient (Wildman–Crippen LogP) is 7.55. The largest absolute Gasteiger partial charge is 0.480 e. The fourth-order valence-electron chi connectivity index (χ4n) is 3.86. The Hall–Kier alpha value is -1.75. The van der Waals surface area contributed by atoms with Crippen LogP contribution in [0.5, 0.6) is 0 Å². The molecule has 0 saturated carbocycles. The van der Waals surface area contributed by atoms with Gasteiger partial charge in [0.15, 0.2) is 5.82 Å². The first-order chi connectivity index (χ1) is 14.9. The molecular weight excluding hydrogens is 452 g/mol. The molecular formula is C26H37BrN2O2. The Morgan fingerprint density at radius 1 is 0.968 bits per heavy atom. The van der Waals surface area contributed by atoms with Crippen LogP contribution in [0.3, 0.4) is 0 Å². The molecule has 0 saturated heterocycles. The van der Waals surface area contributed by atoms with Gasteiger partial charge in [0.25, 0.3) is 0 Å². The van der Waals surface area contributed by atoms with E-state index in [4.69, 9.17) is 0 Å². The van der Waals surface area contributed by atoms with Crippen LogP contribution < -0.4 is 0 Å². The molecule has 0 aliphatic carbocycles. The van der Waals surface area contributed by atoms with Crippen molar-refractivity contribution in [3.05, 3.63) is 47.8 Å². The van der Waals surface area contributed by atoms with E-state index in [0.29, 0.717) is 5.82 Å². The maximum absolute atomic E-state index is 11.9. The number of aliphatic carboxylic acids is 1. The quantitative estimate of drug-likeness (QED) is 0.220. The minimum atomic E-state index is -1.08. The number of carboxylic acids is 1. The maximum atomic E-state index is 11.9. The van der Waals surface area contributed by atoms with E-state index in [0.717, 1.165) is 24.0 Å². The lowest BCUT2D eigenvalue weighted by Gasteiger charge is -2.29. The molecule has 31 heavy (non-hydrogen) atoms. The van der Waals surface area contributed by atoms with Crippen LogP contribution in [0.15, 0.2) is 36.7 Å². The summed E-state index contributed by atoms with van der Waals surface area (Å²) >= 11 is 3.49. The summed E-state index contributed by atoms with van der Waals surface area (Å²) in [5.41, 5.74) is 2.81. The van der Waals surface area contributed by atoms with Gasteiger partial charge in [-0.1, -0.05) is 112 Å². The number of alkyl halides is 1. The number of hydrogen-bond donors (Lipinski definition) is 1. The standard InChI is InChI=1S/C26H37BrN2O2/c1-4-6-7-8-9-10-11-12-13-21-18-28-24(29-19-21)22-14-16-23(17-15-22)26(27,25(30)31)20(3)5-2/h14-20H,4-13H2,1-3H3,(H,30,31). The topological polar surface area (TPSA) is 63.1 Å². The van der Waals surface area contributed by atoms with E-state index in [-0.39, 0.29) is 5.92 Å². The predicted molar refractivity (Wildman–Crippen MR) is 131 cm³/mol. The van der Waals surface area contributed by atoms with Crippen molar-refractivity contribution in [2.24, 2.45) is 5.92 Å². The van der Waals surface area contributed by atoms with Crippen LogP contribution in [-0.4, -0.2) is 21.0 Å². The number of aromatic nitrogens is 2. The monoisotopic (exact) mass is 488 g/mol. The zero-order chi connectivity index (χ0) is 22.7. The van der Waals surface area contributed by atoms with Crippen molar-refractivity contribution >= 4 is 21.9 Å². The molecule has 0 aliphatic rings. The highest BCUT2D eigenvalue weighted by atomic mass is 79.9. The van der Waals surface area contributed by atoms with Gasteiger partial charge in [-0.2, -0.15) is 0 Å². The third kappa shape index (κ3) is 7.13. The molecule has 0 spiro atoms. The fourth-order valence-corrected chi connectivity index (χ4v) is 4.45. The van der Waals surface area contributed by atoms with Crippen LogP contribution in [0.1, 0.15) is 89.7 Å². The highest BCUT2D eigenvalue weighted by molar-refractivity contribution is 9.10. The van der Waals surface area contributed by atoms with Gasteiger partial charge < -0.3 is 5.11 Å². The van der Waals surface area contributed by atoms with Crippen molar-refractivity contribution in [1.82, 2.24) is 9.97 Å². The van der Waals surface area contributed by atoms with E-state index in [1.54, 1.807) is 0 Å². The number of unbranched alkanes of at least 4 members (excludes halogenated alkanes) is 7. The van der Waals surface area contributed by atoms with Crippen LogP contribution in [0.25, 0.3) is 11.4 Å². The van der Waals surface area contributed by atoms with E-state index in [9.17, 15) is 9.90 Å². The van der Waals surface area contributed by atoms with Gasteiger partial charge >= 0.3 is 5.97 Å². The molecule has 2 rings (SSSR count). The molecule has 0 bridgehead atoms. The highest BCUT2D eigenvalue weighted by Crippen LogP contribution is 2.41. The first kappa shape index (κ1) is 25.5. The first-order valence-electron chi connectivity index (χ1n) is 11.8. The third-order valence-corrected chi connectivity index (χ3v) is 7.77. The molecule has 0 amide bonds. The number of rotatable bonds is 14. The normalized spacial score (nSPS) is 14.2. The summed E-state index contributed by atoms with van der Waals surface area (Å²) in [7, 11) is 0. The van der Waals surface area contributed by atoms with Gasteiger partial charge in [-0.15, -0.1) is 0 Å². The Labute approximate surface area is 196 Å². The number of aryl methyl sites for hydroxylation is 1. The second kappa shape index (κ2) is 12.9. The Morgan fingerprint density at radius 3 is 2.03 bits per heavy atom. The zero-order valence-corrected chi connectivity index (χ0v) is 20.8. The molecule has 1 aromatic heterocycles. The van der Waals surface area contributed by atoms with Crippen molar-refractivity contribution < 1.29 is 9.90 Å². The summed E-state index contributed by atoms with van der Waals surface area (Å²) in [4.78, 5) is 21.0. The molecule has 2 aromatic rings. The Morgan fingerprint density at radius 2 is 1.52 bits per heavy atom. The van der Waals surface area contributed by atoms with E-state index < -0.39 is 10.3 Å². The number of halogens is 1. The second-order valence-electron chi connectivity index (χ2n) is 8.54. The lowest BCUT2D eigenvalue weighted by molar-refractivity contribution is -0.141. The summed E-state index contributed by atoms with van der Waals surface area (Å²) in [6, 6.07) is 7.54. The van der Waals surface area contributed by atoms with Crippen molar-refractivity contribution in [3.63, 3.8) is 0 Å². The fraction of sp³-hybridized carbons (Fsp3) is 0.577. The highest BCUT2D eigenvalue weighted by Gasteiger charge is 2.42. The van der Waals surface area contributed by atoms with Gasteiger partial charge in [-0.25, -0.2) is 9.97 Å². The third-order valence-electron chi connectivity index (χ3n) is 6.19. The van der Waals surface area contributed by atoms with Crippen LogP contribution in [0, 0.1) is 5.92 Å². The van der Waals surface area contributed by atoms with Crippen molar-refractivity contribution in [1.29, 1.82) is 0 Å². The Kier molecular flexibility index (Phi) is 10.7. The van der Waals surface area contributed by atoms with E-state index >= 15 is 0 Å². The number of nitrogens with zero attached hydrogens (tertiary/aromatic N) is 2. The van der Waals surface area contributed by atoms with Gasteiger partial charge in [0.1, 0.15) is 4.32 Å². The van der Waals surface area contributed by atoms with E-state index in [1.807, 2.05) is 50.5 Å². The van der Waals surface area contributed by atoms with Gasteiger partial charge in [0.05, 0.1) is 0 Å². The van der Waals surface area contributed by atoms with Crippen LogP contribution in [-0.2, 0) is 15.5 Å². The molecule has 2 unspecified atom stereocenters. The summed E-state index contributed by atoms with van der Waals surface area (Å²) in [5.74, 6) is -0.232. The van der Waals surface area contributed by atoms with Crippen molar-refractivity contribution in [2.45, 2.75) is 89.3 Å². The first-order valence-corrected chi connectivity index (χ1v) is 12.6. The molecule has 1 N–H and O–H groups in total. The number of hydrogen-bond acceptors (Lipinski definition) is 3. The number of carboxylic acid groups (broad SMARTS) is 1. The molecule has 1 aromatic carbocycles. The Balaban J connectivity index is 1.91. The minimum Gasteiger partial charge on any atom is -0.480 e. The zero-order valence-electron chi connectivity index (χ0n) is 19.2. The van der Waals surface area contributed by atoms with Crippen LogP contribution in [0.4, 0.5) is 0 Å². The minimum absolute atomic E-state index is 0.0391. The average molecular weight is 489 g/mol. The van der Waals surface area contributed by atoms with E-state index in [1.165, 1.54) is 56.9 Å². The smallest absolute Gasteiger partial charge is 0.325 e. The molecule has 5 heteroatoms. The summed E-state index contributed by atoms with van der Waals surface area (Å²) in [5, 5.41) is 9.79. The number of carbonyl (C=O) groups is 1. The van der Waals surface area contributed by atoms with Crippen LogP contribution in [0.2, 0.25) is 0 Å². The summed E-state index contributed by atoms with van der Waals surface area (Å²) < 4.78 is -1.08. The van der Waals surface area contributed by atoms with E-state index in [2.05, 4.69) is 32.8 Å². The molecule has 4 nitrogen and oxygen atoms in total. The second-order valence-corrected chi connectivity index (χ2v) is 9.79. The van der Waals surface area contributed by atoms with Gasteiger partial charge in [0.2, 0.25) is 0 Å². The average Bonchev–Trinajstić information content (AvgIpc) is 2.80. The summed E-state index contributed by atoms with van der Waals surface area (Å²) in [6.07, 6.45) is 16.1. The molecule has 2 atom stereocenters. The lowest BCUT2D eigenvalue weighted by Crippen LogP contribution is -2.35. The SMILES string of the molecule is CCCCCCCCCCc1cnc(-c2ccc(C(Br)(C(=O)O)C(C)CC)cc2)nc1. The Bertz CT molecular complexity index is 792. The van der Waals surface area contributed by atoms with Crippen molar-refractivity contribution in [3.8, 4) is 11.4 Å². The summed E-state index contributed by atoms with van der Waals surface area (Å²) in [6.45, 7) is 6.20. The van der Waals surface area contributed by atoms with Crippen molar-refractivity contribution in [2.75, 3.05) is 0 Å². The lowest BCUT2D eigenvalue weighted by atomic mass is 9.85. The molecule has 1 heterocycles. The van der Waals surface area contributed by atoms with Gasteiger partial charge in [0, 0.05) is 18.0 Å². The van der Waals surface area contributed by atoms with Gasteiger partial charge in [-0.3, -0.25) is 4.79 Å². The molecule has 0 radical (unpaired) electrons. The molecule has 0 aliphatic heterocycles.